The first kappa shape index (κ1) is 12.0. The molecule has 0 N–H and O–H groups in total. The Morgan fingerprint density at radius 1 is 1.40 bits per heavy atom. The number of carbonyl (C=O) groups is 1. The van der Waals surface area contributed by atoms with Crippen molar-refractivity contribution >= 4 is 21.9 Å². The van der Waals surface area contributed by atoms with Crippen molar-refractivity contribution in [1.82, 2.24) is 0 Å². The minimum absolute atomic E-state index is 0.370. The van der Waals surface area contributed by atoms with Crippen LogP contribution in [0.25, 0.3) is 0 Å². The molecule has 3 nitrogen and oxygen atoms in total. The number of aryl methyl sites for hydroxylation is 1. The molecular formula is C11H13BrO3. The maximum atomic E-state index is 11.6. The van der Waals surface area contributed by atoms with Crippen molar-refractivity contribution in [1.29, 1.82) is 0 Å². The predicted molar refractivity (Wildman–Crippen MR) is 61.7 cm³/mol. The molecule has 4 heteroatoms. The van der Waals surface area contributed by atoms with Crippen LogP contribution in [0.1, 0.15) is 21.5 Å². The maximum absolute atomic E-state index is 11.6. The summed E-state index contributed by atoms with van der Waals surface area (Å²) in [7, 11) is 2.90. The highest BCUT2D eigenvalue weighted by atomic mass is 79.9. The Morgan fingerprint density at radius 3 is 2.53 bits per heavy atom. The summed E-state index contributed by atoms with van der Waals surface area (Å²) in [6.45, 7) is 1.95. The molecule has 1 aromatic rings. The van der Waals surface area contributed by atoms with E-state index in [1.54, 1.807) is 6.07 Å². The smallest absolute Gasteiger partial charge is 0.341 e. The highest BCUT2D eigenvalue weighted by molar-refractivity contribution is 9.08. The molecule has 0 amide bonds. The molecule has 0 aliphatic carbocycles. The molecule has 0 aliphatic rings. The van der Waals surface area contributed by atoms with Gasteiger partial charge >= 0.3 is 5.97 Å². The van der Waals surface area contributed by atoms with Gasteiger partial charge in [0.05, 0.1) is 14.2 Å². The molecular weight excluding hydrogens is 260 g/mol. The minimum Gasteiger partial charge on any atom is -0.496 e. The van der Waals surface area contributed by atoms with Crippen LogP contribution in [0.15, 0.2) is 12.1 Å². The fraction of sp³-hybridized carbons (Fsp3) is 0.364. The molecule has 0 aromatic heterocycles. The third-order valence-electron chi connectivity index (χ3n) is 2.25. The highest BCUT2D eigenvalue weighted by Gasteiger charge is 2.18. The summed E-state index contributed by atoms with van der Waals surface area (Å²) >= 11 is 3.36. The summed E-state index contributed by atoms with van der Waals surface area (Å²) in [5, 5.41) is 0.598. The predicted octanol–water partition coefficient (Wildman–Crippen LogP) is 2.69. The topological polar surface area (TPSA) is 35.5 Å². The molecule has 0 unspecified atom stereocenters. The van der Waals surface area contributed by atoms with E-state index in [2.05, 4.69) is 15.9 Å². The summed E-state index contributed by atoms with van der Waals surface area (Å²) in [6.07, 6.45) is 0. The molecule has 0 spiro atoms. The van der Waals surface area contributed by atoms with Crippen molar-refractivity contribution in [2.24, 2.45) is 0 Å². The molecule has 0 radical (unpaired) electrons. The lowest BCUT2D eigenvalue weighted by Gasteiger charge is -2.12. The lowest BCUT2D eigenvalue weighted by molar-refractivity contribution is 0.0596. The van der Waals surface area contributed by atoms with Gasteiger partial charge < -0.3 is 9.47 Å². The zero-order valence-electron chi connectivity index (χ0n) is 8.96. The first-order valence-electron chi connectivity index (χ1n) is 4.46. The lowest BCUT2D eigenvalue weighted by Crippen LogP contribution is -2.08. The second-order valence-corrected chi connectivity index (χ2v) is 3.62. The zero-order chi connectivity index (χ0) is 11.4. The third-order valence-corrected chi connectivity index (χ3v) is 2.81. The quantitative estimate of drug-likeness (QED) is 0.627. The summed E-state index contributed by atoms with van der Waals surface area (Å²) in [6, 6.07) is 3.69. The van der Waals surface area contributed by atoms with E-state index >= 15 is 0 Å². The van der Waals surface area contributed by atoms with Crippen molar-refractivity contribution in [3.8, 4) is 5.75 Å². The molecule has 0 atom stereocenters. The monoisotopic (exact) mass is 272 g/mol. The normalized spacial score (nSPS) is 9.87. The fourth-order valence-corrected chi connectivity index (χ4v) is 2.12. The average molecular weight is 273 g/mol. The van der Waals surface area contributed by atoms with E-state index in [1.807, 2.05) is 13.0 Å². The Labute approximate surface area is 97.5 Å². The van der Waals surface area contributed by atoms with E-state index in [1.165, 1.54) is 14.2 Å². The third kappa shape index (κ3) is 2.31. The number of alkyl halides is 1. The van der Waals surface area contributed by atoms with Gasteiger partial charge in [-0.05, 0) is 24.1 Å². The molecule has 0 aliphatic heterocycles. The van der Waals surface area contributed by atoms with Crippen molar-refractivity contribution in [2.45, 2.75) is 12.3 Å². The van der Waals surface area contributed by atoms with Crippen molar-refractivity contribution in [2.75, 3.05) is 14.2 Å². The Balaban J connectivity index is 3.40. The number of hydrogen-bond donors (Lipinski definition) is 0. The summed E-state index contributed by atoms with van der Waals surface area (Å²) in [4.78, 5) is 11.6. The van der Waals surface area contributed by atoms with Crippen LogP contribution < -0.4 is 4.74 Å². The van der Waals surface area contributed by atoms with Gasteiger partial charge in [0.15, 0.2) is 0 Å². The molecule has 0 fully saturated rings. The van der Waals surface area contributed by atoms with Crippen LogP contribution in [-0.4, -0.2) is 20.2 Å². The number of esters is 1. The van der Waals surface area contributed by atoms with Gasteiger partial charge in [0, 0.05) is 5.33 Å². The van der Waals surface area contributed by atoms with E-state index in [0.717, 1.165) is 11.1 Å². The first-order chi connectivity index (χ1) is 7.15. The summed E-state index contributed by atoms with van der Waals surface area (Å²) in [5.41, 5.74) is 2.44. The molecule has 0 saturated heterocycles. The number of benzene rings is 1. The van der Waals surface area contributed by atoms with E-state index in [0.29, 0.717) is 16.6 Å². The summed E-state index contributed by atoms with van der Waals surface area (Å²) in [5.74, 6) is 0.173. The average Bonchev–Trinajstić information content (AvgIpc) is 2.27. The Bertz CT molecular complexity index is 374. The second-order valence-electron chi connectivity index (χ2n) is 3.06. The molecule has 82 valence electrons. The Kier molecular flexibility index (Phi) is 4.15. The van der Waals surface area contributed by atoms with Gasteiger partial charge in [-0.1, -0.05) is 22.0 Å². The van der Waals surface area contributed by atoms with Crippen LogP contribution in [-0.2, 0) is 10.1 Å². The standard InChI is InChI=1S/C11H13BrO3/c1-7-4-5-9(14-2)10(8(7)6-12)11(13)15-3/h4-5H,6H2,1-3H3. The van der Waals surface area contributed by atoms with E-state index < -0.39 is 0 Å². The summed E-state index contributed by atoms with van der Waals surface area (Å²) < 4.78 is 9.88. The van der Waals surface area contributed by atoms with Crippen LogP contribution in [0.4, 0.5) is 0 Å². The van der Waals surface area contributed by atoms with Crippen molar-refractivity contribution in [3.05, 3.63) is 28.8 Å². The van der Waals surface area contributed by atoms with Gasteiger partial charge in [-0.25, -0.2) is 4.79 Å². The van der Waals surface area contributed by atoms with Crippen LogP contribution in [0.2, 0.25) is 0 Å². The number of carbonyl (C=O) groups excluding carboxylic acids is 1. The van der Waals surface area contributed by atoms with E-state index in [4.69, 9.17) is 9.47 Å². The zero-order valence-corrected chi connectivity index (χ0v) is 10.6. The second kappa shape index (κ2) is 5.16. The molecule has 1 rings (SSSR count). The number of halogens is 1. The largest absolute Gasteiger partial charge is 0.496 e. The fourth-order valence-electron chi connectivity index (χ4n) is 1.40. The van der Waals surface area contributed by atoms with Crippen molar-refractivity contribution < 1.29 is 14.3 Å². The molecule has 0 heterocycles. The number of hydrogen-bond acceptors (Lipinski definition) is 3. The van der Waals surface area contributed by atoms with E-state index in [9.17, 15) is 4.79 Å². The van der Waals surface area contributed by atoms with Crippen LogP contribution in [0, 0.1) is 6.92 Å². The SMILES string of the molecule is COC(=O)c1c(OC)ccc(C)c1CBr. The molecule has 0 bridgehead atoms. The van der Waals surface area contributed by atoms with Gasteiger partial charge in [-0.3, -0.25) is 0 Å². The molecule has 1 aromatic carbocycles. The van der Waals surface area contributed by atoms with Gasteiger partial charge in [0.1, 0.15) is 11.3 Å². The van der Waals surface area contributed by atoms with Crippen LogP contribution in [0.3, 0.4) is 0 Å². The van der Waals surface area contributed by atoms with Crippen LogP contribution >= 0.6 is 15.9 Å². The van der Waals surface area contributed by atoms with Gasteiger partial charge in [0.25, 0.3) is 0 Å². The minimum atomic E-state index is -0.370. The molecule has 15 heavy (non-hydrogen) atoms. The van der Waals surface area contributed by atoms with Gasteiger partial charge in [-0.15, -0.1) is 0 Å². The number of rotatable bonds is 3. The molecule has 0 saturated carbocycles. The number of methoxy groups -OCH3 is 2. The highest BCUT2D eigenvalue weighted by Crippen LogP contribution is 2.27. The Morgan fingerprint density at radius 2 is 2.07 bits per heavy atom. The number of ether oxygens (including phenoxy) is 2. The lowest BCUT2D eigenvalue weighted by atomic mass is 10.0. The van der Waals surface area contributed by atoms with Crippen molar-refractivity contribution in [3.63, 3.8) is 0 Å². The first-order valence-corrected chi connectivity index (χ1v) is 5.58. The maximum Gasteiger partial charge on any atom is 0.341 e. The van der Waals surface area contributed by atoms with E-state index in [-0.39, 0.29) is 5.97 Å². The Hall–Kier alpha value is -1.03. The van der Waals surface area contributed by atoms with Crippen LogP contribution in [0.5, 0.6) is 5.75 Å². The van der Waals surface area contributed by atoms with Gasteiger partial charge in [-0.2, -0.15) is 0 Å². The van der Waals surface area contributed by atoms with Gasteiger partial charge in [0.2, 0.25) is 0 Å².